The van der Waals surface area contributed by atoms with Gasteiger partial charge < -0.3 is 10.5 Å². The highest BCUT2D eigenvalue weighted by atomic mass is 16.5. The van der Waals surface area contributed by atoms with Gasteiger partial charge in [-0.2, -0.15) is 0 Å². The quantitative estimate of drug-likeness (QED) is 0.809. The van der Waals surface area contributed by atoms with Crippen molar-refractivity contribution in [2.75, 3.05) is 0 Å². The number of pyridine rings is 1. The van der Waals surface area contributed by atoms with Crippen LogP contribution in [0, 0.1) is 0 Å². The smallest absolute Gasteiger partial charge is 0.138 e. The Morgan fingerprint density at radius 1 is 1.40 bits per heavy atom. The monoisotopic (exact) mass is 208 g/mol. The summed E-state index contributed by atoms with van der Waals surface area (Å²) >= 11 is 0. The van der Waals surface area contributed by atoms with Crippen molar-refractivity contribution in [3.8, 4) is 5.75 Å². The van der Waals surface area contributed by atoms with Crippen LogP contribution in [0.4, 0.5) is 0 Å². The fraction of sp³-hybridized carbons (Fsp3) is 0.583. The summed E-state index contributed by atoms with van der Waals surface area (Å²) in [5.41, 5.74) is 6.60. The van der Waals surface area contributed by atoms with E-state index in [9.17, 15) is 0 Å². The van der Waals surface area contributed by atoms with Gasteiger partial charge in [-0.05, 0) is 32.4 Å². The summed E-state index contributed by atoms with van der Waals surface area (Å²) in [6.07, 6.45) is 4.19. The molecule has 0 aliphatic carbocycles. The summed E-state index contributed by atoms with van der Waals surface area (Å²) in [5, 5.41) is 0. The van der Waals surface area contributed by atoms with Gasteiger partial charge in [-0.25, -0.2) is 0 Å². The van der Waals surface area contributed by atoms with E-state index in [0.717, 1.165) is 24.3 Å². The van der Waals surface area contributed by atoms with Gasteiger partial charge in [-0.1, -0.05) is 13.3 Å². The Morgan fingerprint density at radius 2 is 2.13 bits per heavy atom. The first-order valence-electron chi connectivity index (χ1n) is 5.51. The molecule has 0 fully saturated rings. The maximum absolute atomic E-state index is 5.71. The lowest BCUT2D eigenvalue weighted by Crippen LogP contribution is -2.12. The molecule has 2 N–H and O–H groups in total. The molecule has 1 rings (SSSR count). The highest BCUT2D eigenvalue weighted by Crippen LogP contribution is 2.15. The Kier molecular flexibility index (Phi) is 4.56. The van der Waals surface area contributed by atoms with Crippen LogP contribution in [0.3, 0.4) is 0 Å². The Bertz CT molecular complexity index is 282. The van der Waals surface area contributed by atoms with Crippen LogP contribution >= 0.6 is 0 Å². The lowest BCUT2D eigenvalue weighted by Gasteiger charge is -2.13. The van der Waals surface area contributed by atoms with E-state index in [4.69, 9.17) is 10.5 Å². The van der Waals surface area contributed by atoms with Crippen molar-refractivity contribution in [2.24, 2.45) is 5.73 Å². The highest BCUT2D eigenvalue weighted by Gasteiger charge is 2.04. The van der Waals surface area contributed by atoms with Crippen molar-refractivity contribution in [1.82, 2.24) is 4.98 Å². The molecular formula is C12H20N2O. The van der Waals surface area contributed by atoms with Crippen molar-refractivity contribution in [2.45, 2.75) is 45.8 Å². The number of hydrogen-bond donors (Lipinski definition) is 1. The van der Waals surface area contributed by atoms with Crippen LogP contribution < -0.4 is 10.5 Å². The van der Waals surface area contributed by atoms with Crippen LogP contribution in [0.2, 0.25) is 0 Å². The minimum atomic E-state index is -0.0212. The van der Waals surface area contributed by atoms with Gasteiger partial charge in [0.2, 0.25) is 0 Å². The van der Waals surface area contributed by atoms with Gasteiger partial charge in [0.25, 0.3) is 0 Å². The first-order chi connectivity index (χ1) is 7.13. The third-order valence-corrected chi connectivity index (χ3v) is 2.26. The molecule has 1 aromatic rings. The molecule has 0 spiro atoms. The standard InChI is InChI=1S/C12H20N2O/c1-4-5-9(2)15-11-6-7-12(10(3)13)14-8-11/h6-10H,4-5,13H2,1-3H3/t9?,10-/m0/s1. The fourth-order valence-corrected chi connectivity index (χ4v) is 1.43. The van der Waals surface area contributed by atoms with Crippen LogP contribution in [0.25, 0.3) is 0 Å². The molecule has 0 amide bonds. The normalized spacial score (nSPS) is 14.7. The number of nitrogens with zero attached hydrogens (tertiary/aromatic N) is 1. The van der Waals surface area contributed by atoms with Crippen molar-refractivity contribution in [3.63, 3.8) is 0 Å². The van der Waals surface area contributed by atoms with Crippen LogP contribution in [-0.2, 0) is 0 Å². The third-order valence-electron chi connectivity index (χ3n) is 2.26. The van der Waals surface area contributed by atoms with Gasteiger partial charge in [0.15, 0.2) is 0 Å². The lowest BCUT2D eigenvalue weighted by molar-refractivity contribution is 0.209. The minimum absolute atomic E-state index is 0.0212. The van der Waals surface area contributed by atoms with E-state index in [1.807, 2.05) is 19.1 Å². The van der Waals surface area contributed by atoms with E-state index in [0.29, 0.717) is 0 Å². The van der Waals surface area contributed by atoms with Gasteiger partial charge in [-0.3, -0.25) is 4.98 Å². The van der Waals surface area contributed by atoms with Crippen molar-refractivity contribution >= 4 is 0 Å². The molecule has 2 atom stereocenters. The van der Waals surface area contributed by atoms with E-state index < -0.39 is 0 Å². The molecule has 0 aliphatic heterocycles. The summed E-state index contributed by atoms with van der Waals surface area (Å²) in [7, 11) is 0. The number of nitrogens with two attached hydrogens (primary N) is 1. The Hall–Kier alpha value is -1.09. The van der Waals surface area contributed by atoms with Gasteiger partial charge in [0, 0.05) is 6.04 Å². The van der Waals surface area contributed by atoms with E-state index in [-0.39, 0.29) is 12.1 Å². The second kappa shape index (κ2) is 5.71. The highest BCUT2D eigenvalue weighted by molar-refractivity contribution is 5.21. The summed E-state index contributed by atoms with van der Waals surface area (Å²) in [6.45, 7) is 6.14. The minimum Gasteiger partial charge on any atom is -0.489 e. The molecule has 1 aromatic heterocycles. The van der Waals surface area contributed by atoms with Crippen molar-refractivity contribution in [3.05, 3.63) is 24.0 Å². The molecule has 84 valence electrons. The molecule has 3 heteroatoms. The SMILES string of the molecule is CCCC(C)Oc1ccc([C@H](C)N)nc1. The number of aromatic nitrogens is 1. The predicted molar refractivity (Wildman–Crippen MR) is 61.8 cm³/mol. The largest absolute Gasteiger partial charge is 0.489 e. The van der Waals surface area contributed by atoms with Crippen molar-refractivity contribution < 1.29 is 4.74 Å². The topological polar surface area (TPSA) is 48.1 Å². The maximum Gasteiger partial charge on any atom is 0.138 e. The maximum atomic E-state index is 5.71. The predicted octanol–water partition coefficient (Wildman–Crippen LogP) is 2.67. The van der Waals surface area contributed by atoms with Gasteiger partial charge >= 0.3 is 0 Å². The Morgan fingerprint density at radius 3 is 2.60 bits per heavy atom. The molecule has 3 nitrogen and oxygen atoms in total. The molecule has 0 radical (unpaired) electrons. The fourth-order valence-electron chi connectivity index (χ4n) is 1.43. The molecule has 1 heterocycles. The second-order valence-electron chi connectivity index (χ2n) is 3.92. The van der Waals surface area contributed by atoms with E-state index in [2.05, 4.69) is 18.8 Å². The van der Waals surface area contributed by atoms with Crippen LogP contribution in [0.15, 0.2) is 18.3 Å². The van der Waals surface area contributed by atoms with Crippen LogP contribution in [0.5, 0.6) is 5.75 Å². The average molecular weight is 208 g/mol. The lowest BCUT2D eigenvalue weighted by atomic mass is 10.2. The van der Waals surface area contributed by atoms with E-state index in [1.54, 1.807) is 6.20 Å². The third kappa shape index (κ3) is 3.88. The molecule has 0 bridgehead atoms. The van der Waals surface area contributed by atoms with Crippen LogP contribution in [0.1, 0.15) is 45.3 Å². The summed E-state index contributed by atoms with van der Waals surface area (Å²) < 4.78 is 5.69. The van der Waals surface area contributed by atoms with Crippen LogP contribution in [-0.4, -0.2) is 11.1 Å². The molecular weight excluding hydrogens is 188 g/mol. The first-order valence-corrected chi connectivity index (χ1v) is 5.51. The van der Waals surface area contributed by atoms with Crippen molar-refractivity contribution in [1.29, 1.82) is 0 Å². The summed E-state index contributed by atoms with van der Waals surface area (Å²) in [4.78, 5) is 4.24. The average Bonchev–Trinajstić information content (AvgIpc) is 2.18. The van der Waals surface area contributed by atoms with Gasteiger partial charge in [0.1, 0.15) is 5.75 Å². The molecule has 0 saturated heterocycles. The van der Waals surface area contributed by atoms with E-state index in [1.165, 1.54) is 0 Å². The van der Waals surface area contributed by atoms with Gasteiger partial charge in [-0.15, -0.1) is 0 Å². The van der Waals surface area contributed by atoms with Gasteiger partial charge in [0.05, 0.1) is 18.0 Å². The zero-order valence-corrected chi connectivity index (χ0v) is 9.73. The Balaban J connectivity index is 2.56. The summed E-state index contributed by atoms with van der Waals surface area (Å²) in [6, 6.07) is 3.82. The zero-order valence-electron chi connectivity index (χ0n) is 9.73. The summed E-state index contributed by atoms with van der Waals surface area (Å²) in [5.74, 6) is 0.820. The second-order valence-corrected chi connectivity index (χ2v) is 3.92. The van der Waals surface area contributed by atoms with E-state index >= 15 is 0 Å². The first kappa shape index (κ1) is 12.0. The molecule has 15 heavy (non-hydrogen) atoms. The number of ether oxygens (including phenoxy) is 1. The molecule has 0 saturated carbocycles. The molecule has 0 aliphatic rings. The zero-order chi connectivity index (χ0) is 11.3. The molecule has 1 unspecified atom stereocenters. The number of rotatable bonds is 5. The number of hydrogen-bond acceptors (Lipinski definition) is 3. The Labute approximate surface area is 91.7 Å². The molecule has 0 aromatic carbocycles.